The van der Waals surface area contributed by atoms with E-state index in [1.807, 2.05) is 23.9 Å². The lowest BCUT2D eigenvalue weighted by atomic mass is 10.1. The van der Waals surface area contributed by atoms with Crippen molar-refractivity contribution in [2.45, 2.75) is 17.4 Å². The van der Waals surface area contributed by atoms with Crippen LogP contribution in [0.4, 0.5) is 5.69 Å². The highest BCUT2D eigenvalue weighted by atomic mass is 32.2. The maximum absolute atomic E-state index is 10.6. The number of benzene rings is 2. The summed E-state index contributed by atoms with van der Waals surface area (Å²) in [7, 11) is 0. The molecule has 1 atom stereocenters. The average molecular weight is 300 g/mol. The Labute approximate surface area is 127 Å². The van der Waals surface area contributed by atoms with E-state index in [0.29, 0.717) is 6.04 Å². The highest BCUT2D eigenvalue weighted by Crippen LogP contribution is 2.37. The SMILES string of the molecule is O=[N+]([O-])c1ccc(CCNC2CSc3ccccc32)cc1. The summed E-state index contributed by atoms with van der Waals surface area (Å²) in [6.45, 7) is 0.872. The van der Waals surface area contributed by atoms with Crippen LogP contribution in [0.25, 0.3) is 0 Å². The zero-order valence-corrected chi connectivity index (χ0v) is 12.3. The number of hydrogen-bond acceptors (Lipinski definition) is 4. The summed E-state index contributed by atoms with van der Waals surface area (Å²) in [5.41, 5.74) is 2.64. The largest absolute Gasteiger partial charge is 0.309 e. The molecule has 1 unspecified atom stereocenters. The molecule has 108 valence electrons. The lowest BCUT2D eigenvalue weighted by Gasteiger charge is -2.13. The lowest BCUT2D eigenvalue weighted by Crippen LogP contribution is -2.23. The Balaban J connectivity index is 1.54. The summed E-state index contributed by atoms with van der Waals surface area (Å²) in [5.74, 6) is 1.07. The lowest BCUT2D eigenvalue weighted by molar-refractivity contribution is -0.384. The molecule has 2 aromatic rings. The molecular formula is C16H16N2O2S. The van der Waals surface area contributed by atoms with Crippen LogP contribution in [0.1, 0.15) is 17.2 Å². The van der Waals surface area contributed by atoms with E-state index < -0.39 is 0 Å². The quantitative estimate of drug-likeness (QED) is 0.677. The topological polar surface area (TPSA) is 55.2 Å². The first kappa shape index (κ1) is 14.1. The summed E-state index contributed by atoms with van der Waals surface area (Å²) in [6, 6.07) is 15.7. The number of nitro groups is 1. The predicted molar refractivity (Wildman–Crippen MR) is 84.7 cm³/mol. The van der Waals surface area contributed by atoms with Crippen LogP contribution in [0.5, 0.6) is 0 Å². The monoisotopic (exact) mass is 300 g/mol. The van der Waals surface area contributed by atoms with E-state index in [2.05, 4.69) is 29.6 Å². The normalized spacial score (nSPS) is 16.7. The van der Waals surface area contributed by atoms with Crippen molar-refractivity contribution in [3.8, 4) is 0 Å². The maximum Gasteiger partial charge on any atom is 0.269 e. The summed E-state index contributed by atoms with van der Waals surface area (Å²) >= 11 is 1.89. The van der Waals surface area contributed by atoms with E-state index in [-0.39, 0.29) is 10.6 Å². The molecular weight excluding hydrogens is 284 g/mol. The molecule has 0 aromatic heterocycles. The molecule has 0 aliphatic carbocycles. The highest BCUT2D eigenvalue weighted by Gasteiger charge is 2.21. The molecule has 2 aromatic carbocycles. The Morgan fingerprint density at radius 3 is 2.71 bits per heavy atom. The van der Waals surface area contributed by atoms with Crippen molar-refractivity contribution in [3.63, 3.8) is 0 Å². The second kappa shape index (κ2) is 6.28. The van der Waals surface area contributed by atoms with Gasteiger partial charge in [0, 0.05) is 28.8 Å². The third-order valence-corrected chi connectivity index (χ3v) is 4.83. The van der Waals surface area contributed by atoms with Crippen molar-refractivity contribution >= 4 is 17.4 Å². The molecule has 0 bridgehead atoms. The predicted octanol–water partition coefficient (Wildman–Crippen LogP) is 3.57. The van der Waals surface area contributed by atoms with Crippen LogP contribution in [0.15, 0.2) is 53.4 Å². The molecule has 21 heavy (non-hydrogen) atoms. The first-order valence-corrected chi connectivity index (χ1v) is 7.91. The van der Waals surface area contributed by atoms with Gasteiger partial charge in [0.15, 0.2) is 0 Å². The van der Waals surface area contributed by atoms with Gasteiger partial charge in [-0.25, -0.2) is 0 Å². The third kappa shape index (κ3) is 3.25. The maximum atomic E-state index is 10.6. The molecule has 0 saturated heterocycles. The van der Waals surface area contributed by atoms with E-state index >= 15 is 0 Å². The van der Waals surface area contributed by atoms with Crippen molar-refractivity contribution in [1.82, 2.24) is 5.32 Å². The van der Waals surface area contributed by atoms with Gasteiger partial charge in [-0.05, 0) is 30.2 Å². The number of non-ortho nitro benzene ring substituents is 1. The second-order valence-corrected chi connectivity index (χ2v) is 6.09. The first-order valence-electron chi connectivity index (χ1n) is 6.92. The van der Waals surface area contributed by atoms with Crippen LogP contribution in [-0.2, 0) is 6.42 Å². The summed E-state index contributed by atoms with van der Waals surface area (Å²) in [4.78, 5) is 11.6. The van der Waals surface area contributed by atoms with E-state index in [9.17, 15) is 10.1 Å². The fourth-order valence-corrected chi connectivity index (χ4v) is 3.70. The molecule has 1 heterocycles. The van der Waals surface area contributed by atoms with Crippen molar-refractivity contribution in [2.75, 3.05) is 12.3 Å². The van der Waals surface area contributed by atoms with Gasteiger partial charge in [-0.2, -0.15) is 0 Å². The number of rotatable bonds is 5. The molecule has 0 saturated carbocycles. The van der Waals surface area contributed by atoms with Gasteiger partial charge < -0.3 is 5.32 Å². The minimum Gasteiger partial charge on any atom is -0.309 e. The Morgan fingerprint density at radius 1 is 1.19 bits per heavy atom. The van der Waals surface area contributed by atoms with Gasteiger partial charge in [0.2, 0.25) is 0 Å². The standard InChI is InChI=1S/C16H16N2O2S/c19-18(20)13-7-5-12(6-8-13)9-10-17-15-11-21-16-4-2-1-3-14(15)16/h1-8,15,17H,9-11H2. The Morgan fingerprint density at radius 2 is 1.95 bits per heavy atom. The highest BCUT2D eigenvalue weighted by molar-refractivity contribution is 7.99. The number of fused-ring (bicyclic) bond motifs is 1. The average Bonchev–Trinajstić information content (AvgIpc) is 2.91. The summed E-state index contributed by atoms with van der Waals surface area (Å²) < 4.78 is 0. The molecule has 1 N–H and O–H groups in total. The van der Waals surface area contributed by atoms with Gasteiger partial charge in [-0.1, -0.05) is 30.3 Å². The van der Waals surface area contributed by atoms with E-state index in [1.165, 1.54) is 10.5 Å². The van der Waals surface area contributed by atoms with Gasteiger partial charge in [-0.15, -0.1) is 11.8 Å². The van der Waals surface area contributed by atoms with Crippen molar-refractivity contribution in [2.24, 2.45) is 0 Å². The van der Waals surface area contributed by atoms with Gasteiger partial charge in [0.25, 0.3) is 5.69 Å². The fourth-order valence-electron chi connectivity index (χ4n) is 2.51. The molecule has 4 nitrogen and oxygen atoms in total. The molecule has 0 spiro atoms. The van der Waals surface area contributed by atoms with Crippen LogP contribution in [0.2, 0.25) is 0 Å². The van der Waals surface area contributed by atoms with Crippen LogP contribution < -0.4 is 5.32 Å². The Bertz CT molecular complexity index is 643. The molecule has 1 aliphatic rings. The fraction of sp³-hybridized carbons (Fsp3) is 0.250. The van der Waals surface area contributed by atoms with Crippen molar-refractivity contribution in [3.05, 3.63) is 69.8 Å². The number of thioether (sulfide) groups is 1. The molecule has 0 amide bonds. The van der Waals surface area contributed by atoms with Gasteiger partial charge in [0.1, 0.15) is 0 Å². The molecule has 0 fully saturated rings. The molecule has 1 aliphatic heterocycles. The van der Waals surface area contributed by atoms with E-state index in [1.54, 1.807) is 12.1 Å². The summed E-state index contributed by atoms with van der Waals surface area (Å²) in [6.07, 6.45) is 0.876. The zero-order chi connectivity index (χ0) is 14.7. The Kier molecular flexibility index (Phi) is 4.22. The number of nitrogens with one attached hydrogen (secondary N) is 1. The third-order valence-electron chi connectivity index (χ3n) is 3.65. The van der Waals surface area contributed by atoms with Crippen molar-refractivity contribution < 1.29 is 4.92 Å². The molecule has 0 radical (unpaired) electrons. The Hall–Kier alpha value is -1.85. The number of nitrogens with zero attached hydrogens (tertiary/aromatic N) is 1. The van der Waals surface area contributed by atoms with Crippen LogP contribution in [0, 0.1) is 10.1 Å². The van der Waals surface area contributed by atoms with Crippen LogP contribution in [0.3, 0.4) is 0 Å². The number of hydrogen-bond donors (Lipinski definition) is 1. The molecule has 3 rings (SSSR count). The smallest absolute Gasteiger partial charge is 0.269 e. The minimum atomic E-state index is -0.366. The van der Waals surface area contributed by atoms with Gasteiger partial charge >= 0.3 is 0 Å². The number of nitro benzene ring substituents is 1. The minimum absolute atomic E-state index is 0.146. The van der Waals surface area contributed by atoms with Crippen LogP contribution in [-0.4, -0.2) is 17.2 Å². The van der Waals surface area contributed by atoms with Gasteiger partial charge in [-0.3, -0.25) is 10.1 Å². The zero-order valence-electron chi connectivity index (χ0n) is 11.5. The van der Waals surface area contributed by atoms with Crippen molar-refractivity contribution in [1.29, 1.82) is 0 Å². The molecule has 5 heteroatoms. The first-order chi connectivity index (χ1) is 10.2. The van der Waals surface area contributed by atoms with E-state index in [4.69, 9.17) is 0 Å². The summed E-state index contributed by atoms with van der Waals surface area (Å²) in [5, 5.41) is 14.2. The van der Waals surface area contributed by atoms with Gasteiger partial charge in [0.05, 0.1) is 4.92 Å². The second-order valence-electron chi connectivity index (χ2n) is 5.03. The van der Waals surface area contributed by atoms with Crippen LogP contribution >= 0.6 is 11.8 Å². The van der Waals surface area contributed by atoms with E-state index in [0.717, 1.165) is 24.3 Å².